The summed E-state index contributed by atoms with van der Waals surface area (Å²) in [5, 5.41) is 12.4. The Bertz CT molecular complexity index is 571. The van der Waals surface area contributed by atoms with Crippen LogP contribution >= 0.6 is 11.8 Å². The van der Waals surface area contributed by atoms with Crippen molar-refractivity contribution < 1.29 is 9.13 Å². The minimum absolute atomic E-state index is 0.201. The highest BCUT2D eigenvalue weighted by molar-refractivity contribution is 7.98. The first-order valence-electron chi connectivity index (χ1n) is 6.56. The molecule has 7 heteroatoms. The Kier molecular flexibility index (Phi) is 4.27. The molecule has 1 aromatic heterocycles. The second-order valence-electron chi connectivity index (χ2n) is 4.70. The first-order valence-corrected chi connectivity index (χ1v) is 7.55. The van der Waals surface area contributed by atoms with E-state index in [2.05, 4.69) is 15.5 Å². The van der Waals surface area contributed by atoms with Crippen LogP contribution in [0.5, 0.6) is 0 Å². The fourth-order valence-corrected chi connectivity index (χ4v) is 3.00. The molecule has 0 aliphatic carbocycles. The molecule has 1 saturated heterocycles. The van der Waals surface area contributed by atoms with Crippen LogP contribution in [-0.2, 0) is 17.0 Å². The lowest BCUT2D eigenvalue weighted by Crippen LogP contribution is -2.16. The molecule has 5 nitrogen and oxygen atoms in total. The third-order valence-corrected chi connectivity index (χ3v) is 4.18. The molecule has 106 valence electrons. The molecule has 0 N–H and O–H groups in total. The van der Waals surface area contributed by atoms with Crippen molar-refractivity contribution in [2.75, 3.05) is 6.61 Å². The standard InChI is InChI=1S/C13H15FN4OS/c14-11-4-1-3-10(7-11)9-20-13-15-16-17-18(13)8-12-5-2-6-19-12/h1,3-4,7,12H,2,5-6,8-9H2. The molecule has 20 heavy (non-hydrogen) atoms. The van der Waals surface area contributed by atoms with Crippen LogP contribution in [0, 0.1) is 5.82 Å². The van der Waals surface area contributed by atoms with Crippen molar-refractivity contribution in [1.29, 1.82) is 0 Å². The van der Waals surface area contributed by atoms with Crippen molar-refractivity contribution in [3.8, 4) is 0 Å². The highest BCUT2D eigenvalue weighted by Crippen LogP contribution is 2.22. The molecule has 1 aliphatic heterocycles. The third-order valence-electron chi connectivity index (χ3n) is 3.16. The highest BCUT2D eigenvalue weighted by Gasteiger charge is 2.18. The smallest absolute Gasteiger partial charge is 0.209 e. The van der Waals surface area contributed by atoms with Crippen molar-refractivity contribution in [2.24, 2.45) is 0 Å². The molecule has 0 bridgehead atoms. The van der Waals surface area contributed by atoms with Crippen molar-refractivity contribution in [3.05, 3.63) is 35.6 Å². The molecule has 2 aromatic rings. The summed E-state index contributed by atoms with van der Waals surface area (Å²) in [5.41, 5.74) is 0.918. The molecule has 1 aliphatic rings. The molecule has 0 amide bonds. The summed E-state index contributed by atoms with van der Waals surface area (Å²) in [7, 11) is 0. The lowest BCUT2D eigenvalue weighted by atomic mass is 10.2. The average molecular weight is 294 g/mol. The molecule has 3 rings (SSSR count). The second-order valence-corrected chi connectivity index (χ2v) is 5.64. The van der Waals surface area contributed by atoms with Gasteiger partial charge < -0.3 is 4.74 Å². The zero-order chi connectivity index (χ0) is 13.8. The van der Waals surface area contributed by atoms with Gasteiger partial charge in [0.25, 0.3) is 0 Å². The molecule has 1 fully saturated rings. The second kappa shape index (κ2) is 6.32. The minimum atomic E-state index is -0.220. The molecular weight excluding hydrogens is 279 g/mol. The van der Waals surface area contributed by atoms with E-state index in [-0.39, 0.29) is 11.9 Å². The number of nitrogens with zero attached hydrogens (tertiary/aromatic N) is 4. The van der Waals surface area contributed by atoms with Crippen LogP contribution in [-0.4, -0.2) is 32.9 Å². The van der Waals surface area contributed by atoms with Gasteiger partial charge in [-0.3, -0.25) is 0 Å². The van der Waals surface area contributed by atoms with E-state index in [9.17, 15) is 4.39 Å². The van der Waals surface area contributed by atoms with Gasteiger partial charge in [-0.1, -0.05) is 23.9 Å². The fraction of sp³-hybridized carbons (Fsp3) is 0.462. The number of thioether (sulfide) groups is 1. The maximum atomic E-state index is 13.1. The number of aromatic nitrogens is 4. The van der Waals surface area contributed by atoms with E-state index in [0.717, 1.165) is 30.2 Å². The number of hydrogen-bond donors (Lipinski definition) is 0. The fourth-order valence-electron chi connectivity index (χ4n) is 2.17. The van der Waals surface area contributed by atoms with Crippen LogP contribution in [0.4, 0.5) is 4.39 Å². The van der Waals surface area contributed by atoms with E-state index in [1.807, 2.05) is 6.07 Å². The summed E-state index contributed by atoms with van der Waals surface area (Å²) < 4.78 is 20.5. The molecule has 0 radical (unpaired) electrons. The predicted molar refractivity (Wildman–Crippen MR) is 72.8 cm³/mol. The molecule has 2 heterocycles. The largest absolute Gasteiger partial charge is 0.376 e. The summed E-state index contributed by atoms with van der Waals surface area (Å²) in [6, 6.07) is 6.57. The van der Waals surface area contributed by atoms with Gasteiger partial charge in [-0.25, -0.2) is 9.07 Å². The van der Waals surface area contributed by atoms with Crippen LogP contribution in [0.15, 0.2) is 29.4 Å². The first-order chi connectivity index (χ1) is 9.81. The van der Waals surface area contributed by atoms with E-state index in [1.165, 1.54) is 23.9 Å². The maximum Gasteiger partial charge on any atom is 0.209 e. The van der Waals surface area contributed by atoms with Crippen LogP contribution < -0.4 is 0 Å². The number of rotatable bonds is 5. The van der Waals surface area contributed by atoms with Crippen LogP contribution in [0.1, 0.15) is 18.4 Å². The van der Waals surface area contributed by atoms with Crippen molar-refractivity contribution in [3.63, 3.8) is 0 Å². The van der Waals surface area contributed by atoms with Gasteiger partial charge in [0, 0.05) is 12.4 Å². The van der Waals surface area contributed by atoms with E-state index in [1.54, 1.807) is 10.7 Å². The zero-order valence-electron chi connectivity index (χ0n) is 10.9. The molecule has 0 saturated carbocycles. The van der Waals surface area contributed by atoms with Gasteiger partial charge in [-0.05, 0) is 41.0 Å². The monoisotopic (exact) mass is 294 g/mol. The predicted octanol–water partition coefficient (Wildman–Crippen LogP) is 2.28. The molecular formula is C13H15FN4OS. The Labute approximate surface area is 120 Å². The summed E-state index contributed by atoms with van der Waals surface area (Å²) in [4.78, 5) is 0. The van der Waals surface area contributed by atoms with Crippen molar-refractivity contribution >= 4 is 11.8 Å². The van der Waals surface area contributed by atoms with Gasteiger partial charge in [0.15, 0.2) is 0 Å². The van der Waals surface area contributed by atoms with Gasteiger partial charge in [0.1, 0.15) is 5.82 Å². The number of benzene rings is 1. The Morgan fingerprint density at radius 1 is 1.45 bits per heavy atom. The van der Waals surface area contributed by atoms with E-state index in [4.69, 9.17) is 4.74 Å². The normalized spacial score (nSPS) is 18.6. The molecule has 1 atom stereocenters. The van der Waals surface area contributed by atoms with Crippen molar-refractivity contribution in [2.45, 2.75) is 36.4 Å². The lowest BCUT2D eigenvalue weighted by molar-refractivity contribution is 0.0912. The Balaban J connectivity index is 1.61. The lowest BCUT2D eigenvalue weighted by Gasteiger charge is -2.09. The Hall–Kier alpha value is -1.47. The Morgan fingerprint density at radius 2 is 2.40 bits per heavy atom. The summed E-state index contributed by atoms with van der Waals surface area (Å²) in [5.74, 6) is 0.422. The molecule has 1 aromatic carbocycles. The number of halogens is 1. The Morgan fingerprint density at radius 3 is 3.20 bits per heavy atom. The summed E-state index contributed by atoms with van der Waals surface area (Å²) in [6.07, 6.45) is 2.35. The van der Waals surface area contributed by atoms with Gasteiger partial charge in [0.2, 0.25) is 5.16 Å². The minimum Gasteiger partial charge on any atom is -0.376 e. The van der Waals surface area contributed by atoms with Gasteiger partial charge in [-0.2, -0.15) is 0 Å². The summed E-state index contributed by atoms with van der Waals surface area (Å²) >= 11 is 1.50. The van der Waals surface area contributed by atoms with Crippen molar-refractivity contribution in [1.82, 2.24) is 20.2 Å². The third kappa shape index (κ3) is 3.34. The SMILES string of the molecule is Fc1cccc(CSc2nnnn2CC2CCCO2)c1. The maximum absolute atomic E-state index is 13.1. The molecule has 1 unspecified atom stereocenters. The van der Waals surface area contributed by atoms with Crippen LogP contribution in [0.2, 0.25) is 0 Å². The van der Waals surface area contributed by atoms with Crippen LogP contribution in [0.25, 0.3) is 0 Å². The first kappa shape index (κ1) is 13.5. The number of ether oxygens (including phenoxy) is 1. The van der Waals surface area contributed by atoms with Gasteiger partial charge in [-0.15, -0.1) is 5.10 Å². The van der Waals surface area contributed by atoms with Gasteiger partial charge in [0.05, 0.1) is 12.6 Å². The van der Waals surface area contributed by atoms with E-state index in [0.29, 0.717) is 12.3 Å². The highest BCUT2D eigenvalue weighted by atomic mass is 32.2. The number of tetrazole rings is 1. The van der Waals surface area contributed by atoms with Gasteiger partial charge >= 0.3 is 0 Å². The number of hydrogen-bond acceptors (Lipinski definition) is 5. The zero-order valence-corrected chi connectivity index (χ0v) is 11.7. The van der Waals surface area contributed by atoms with E-state index >= 15 is 0 Å². The van der Waals surface area contributed by atoms with Crippen LogP contribution in [0.3, 0.4) is 0 Å². The molecule has 0 spiro atoms. The van der Waals surface area contributed by atoms with E-state index < -0.39 is 0 Å². The average Bonchev–Trinajstić information content (AvgIpc) is 3.09. The quantitative estimate of drug-likeness (QED) is 0.792. The topological polar surface area (TPSA) is 52.8 Å². The summed E-state index contributed by atoms with van der Waals surface area (Å²) in [6.45, 7) is 1.50.